The van der Waals surface area contributed by atoms with Crippen LogP contribution in [0.15, 0.2) is 48.7 Å². The molecule has 0 saturated carbocycles. The van der Waals surface area contributed by atoms with E-state index in [9.17, 15) is 5.11 Å². The zero-order chi connectivity index (χ0) is 13.0. The fourth-order valence-electron chi connectivity index (χ4n) is 1.99. The molecular formula is C15H17NO2. The van der Waals surface area contributed by atoms with Gasteiger partial charge < -0.3 is 9.84 Å². The number of nitrogens with zero attached hydrogens (tertiary/aromatic N) is 1. The van der Waals surface area contributed by atoms with Crippen molar-refractivity contribution in [1.82, 2.24) is 4.98 Å². The summed E-state index contributed by atoms with van der Waals surface area (Å²) >= 11 is 0. The summed E-state index contributed by atoms with van der Waals surface area (Å²) in [5.41, 5.74) is 1.66. The van der Waals surface area contributed by atoms with Crippen molar-refractivity contribution in [3.05, 3.63) is 59.9 Å². The summed E-state index contributed by atoms with van der Waals surface area (Å²) in [4.78, 5) is 4.28. The molecule has 3 heteroatoms. The lowest BCUT2D eigenvalue weighted by atomic mass is 9.93. The Morgan fingerprint density at radius 1 is 1.11 bits per heavy atom. The number of methoxy groups -OCH3 is 1. The third-order valence-electron chi connectivity index (χ3n) is 3.09. The minimum absolute atomic E-state index is 0.0810. The van der Waals surface area contributed by atoms with Gasteiger partial charge in [0.05, 0.1) is 13.2 Å². The molecule has 1 heterocycles. The van der Waals surface area contributed by atoms with Crippen LogP contribution in [0.3, 0.4) is 0 Å². The van der Waals surface area contributed by atoms with Crippen molar-refractivity contribution in [2.45, 2.75) is 18.9 Å². The van der Waals surface area contributed by atoms with Crippen LogP contribution in [0.25, 0.3) is 0 Å². The number of hydrogen-bond donors (Lipinski definition) is 1. The molecule has 0 aliphatic rings. The number of aliphatic hydroxyl groups excluding tert-OH is 1. The van der Waals surface area contributed by atoms with E-state index in [2.05, 4.69) is 4.98 Å². The van der Waals surface area contributed by atoms with Crippen molar-refractivity contribution >= 4 is 0 Å². The van der Waals surface area contributed by atoms with Crippen molar-refractivity contribution in [3.8, 4) is 5.75 Å². The first-order chi connectivity index (χ1) is 8.74. The van der Waals surface area contributed by atoms with E-state index >= 15 is 0 Å². The lowest BCUT2D eigenvalue weighted by Crippen LogP contribution is -2.10. The van der Waals surface area contributed by atoms with Gasteiger partial charge in [0.15, 0.2) is 0 Å². The highest BCUT2D eigenvalue weighted by atomic mass is 16.5. The smallest absolute Gasteiger partial charge is 0.124 e. The summed E-state index contributed by atoms with van der Waals surface area (Å²) in [6.45, 7) is 1.96. The Morgan fingerprint density at radius 2 is 1.83 bits per heavy atom. The Labute approximate surface area is 107 Å². The van der Waals surface area contributed by atoms with E-state index in [-0.39, 0.29) is 5.92 Å². The van der Waals surface area contributed by atoms with E-state index in [4.69, 9.17) is 4.74 Å². The van der Waals surface area contributed by atoms with E-state index in [1.807, 2.05) is 49.4 Å². The van der Waals surface area contributed by atoms with Crippen LogP contribution in [0.4, 0.5) is 0 Å². The lowest BCUT2D eigenvalue weighted by Gasteiger charge is -2.20. The highest BCUT2D eigenvalue weighted by molar-refractivity contribution is 5.36. The summed E-state index contributed by atoms with van der Waals surface area (Å²) < 4.78 is 5.27. The first-order valence-electron chi connectivity index (χ1n) is 5.96. The van der Waals surface area contributed by atoms with Gasteiger partial charge in [0.25, 0.3) is 0 Å². The van der Waals surface area contributed by atoms with Crippen molar-refractivity contribution < 1.29 is 9.84 Å². The van der Waals surface area contributed by atoms with Gasteiger partial charge in [-0.15, -0.1) is 0 Å². The molecular weight excluding hydrogens is 226 g/mol. The quantitative estimate of drug-likeness (QED) is 0.897. The molecule has 1 aromatic carbocycles. The molecule has 2 aromatic rings. The standard InChI is InChI=1S/C15H17NO2/c1-11(13-8-5-6-10-16-13)15(17)12-7-3-4-9-14(12)18-2/h3-11,15,17H,1-2H3. The van der Waals surface area contributed by atoms with Gasteiger partial charge in [-0.3, -0.25) is 4.98 Å². The minimum Gasteiger partial charge on any atom is -0.496 e. The predicted molar refractivity (Wildman–Crippen MR) is 70.6 cm³/mol. The maximum absolute atomic E-state index is 10.4. The predicted octanol–water partition coefficient (Wildman–Crippen LogP) is 2.93. The van der Waals surface area contributed by atoms with Crippen LogP contribution in [0.1, 0.15) is 30.2 Å². The molecule has 1 N–H and O–H groups in total. The van der Waals surface area contributed by atoms with Gasteiger partial charge in [-0.2, -0.15) is 0 Å². The third-order valence-corrected chi connectivity index (χ3v) is 3.09. The van der Waals surface area contributed by atoms with Crippen molar-refractivity contribution in [2.24, 2.45) is 0 Å². The second-order valence-corrected chi connectivity index (χ2v) is 4.23. The van der Waals surface area contributed by atoms with Gasteiger partial charge in [-0.05, 0) is 18.2 Å². The average Bonchev–Trinajstić information content (AvgIpc) is 2.46. The number of para-hydroxylation sites is 1. The van der Waals surface area contributed by atoms with Gasteiger partial charge >= 0.3 is 0 Å². The Bertz CT molecular complexity index is 499. The van der Waals surface area contributed by atoms with Crippen LogP contribution in [-0.2, 0) is 0 Å². The molecule has 0 spiro atoms. The average molecular weight is 243 g/mol. The van der Waals surface area contributed by atoms with E-state index in [1.54, 1.807) is 13.3 Å². The van der Waals surface area contributed by atoms with Crippen LogP contribution in [0, 0.1) is 0 Å². The largest absolute Gasteiger partial charge is 0.496 e. The monoisotopic (exact) mass is 243 g/mol. The Morgan fingerprint density at radius 3 is 2.50 bits per heavy atom. The summed E-state index contributed by atoms with van der Waals surface area (Å²) in [6.07, 6.45) is 1.11. The minimum atomic E-state index is -0.629. The molecule has 0 radical (unpaired) electrons. The SMILES string of the molecule is COc1ccccc1C(O)C(C)c1ccccn1. The van der Waals surface area contributed by atoms with E-state index < -0.39 is 6.10 Å². The van der Waals surface area contributed by atoms with Crippen LogP contribution < -0.4 is 4.74 Å². The van der Waals surface area contributed by atoms with Crippen LogP contribution in [0.5, 0.6) is 5.75 Å². The summed E-state index contributed by atoms with van der Waals surface area (Å²) in [5, 5.41) is 10.4. The van der Waals surface area contributed by atoms with Crippen molar-refractivity contribution in [3.63, 3.8) is 0 Å². The van der Waals surface area contributed by atoms with Gasteiger partial charge in [0.2, 0.25) is 0 Å². The van der Waals surface area contributed by atoms with E-state index in [0.29, 0.717) is 5.75 Å². The Hall–Kier alpha value is -1.87. The summed E-state index contributed by atoms with van der Waals surface area (Å²) in [6, 6.07) is 13.2. The fraction of sp³-hybridized carbons (Fsp3) is 0.267. The molecule has 94 valence electrons. The molecule has 1 aromatic heterocycles. The molecule has 0 bridgehead atoms. The lowest BCUT2D eigenvalue weighted by molar-refractivity contribution is 0.146. The summed E-state index contributed by atoms with van der Waals surface area (Å²) in [7, 11) is 1.61. The summed E-state index contributed by atoms with van der Waals surface area (Å²) in [5.74, 6) is 0.621. The topological polar surface area (TPSA) is 42.4 Å². The molecule has 2 unspecified atom stereocenters. The molecule has 0 saturated heterocycles. The first-order valence-corrected chi connectivity index (χ1v) is 5.96. The van der Waals surface area contributed by atoms with Crippen molar-refractivity contribution in [2.75, 3.05) is 7.11 Å². The molecule has 2 atom stereocenters. The van der Waals surface area contributed by atoms with Gasteiger partial charge in [0, 0.05) is 23.4 Å². The molecule has 0 fully saturated rings. The number of rotatable bonds is 4. The molecule has 18 heavy (non-hydrogen) atoms. The Balaban J connectivity index is 2.28. The Kier molecular flexibility index (Phi) is 3.95. The number of ether oxygens (including phenoxy) is 1. The molecule has 2 rings (SSSR count). The third kappa shape index (κ3) is 2.51. The van der Waals surface area contributed by atoms with Crippen molar-refractivity contribution in [1.29, 1.82) is 0 Å². The number of benzene rings is 1. The number of hydrogen-bond acceptors (Lipinski definition) is 3. The van der Waals surface area contributed by atoms with E-state index in [0.717, 1.165) is 11.3 Å². The fourth-order valence-corrected chi connectivity index (χ4v) is 1.99. The molecule has 0 aliphatic carbocycles. The maximum atomic E-state index is 10.4. The van der Waals surface area contributed by atoms with Crippen LogP contribution in [0.2, 0.25) is 0 Å². The van der Waals surface area contributed by atoms with Crippen LogP contribution in [-0.4, -0.2) is 17.2 Å². The van der Waals surface area contributed by atoms with E-state index in [1.165, 1.54) is 0 Å². The first kappa shape index (κ1) is 12.6. The second-order valence-electron chi connectivity index (χ2n) is 4.23. The van der Waals surface area contributed by atoms with Crippen LogP contribution >= 0.6 is 0 Å². The second kappa shape index (κ2) is 5.65. The molecule has 3 nitrogen and oxygen atoms in total. The molecule has 0 aliphatic heterocycles. The highest BCUT2D eigenvalue weighted by Crippen LogP contribution is 2.34. The van der Waals surface area contributed by atoms with Gasteiger partial charge in [-0.1, -0.05) is 31.2 Å². The number of aliphatic hydroxyl groups is 1. The molecule has 0 amide bonds. The zero-order valence-electron chi connectivity index (χ0n) is 10.6. The number of pyridine rings is 1. The normalized spacial score (nSPS) is 13.9. The maximum Gasteiger partial charge on any atom is 0.124 e. The highest BCUT2D eigenvalue weighted by Gasteiger charge is 2.21. The van der Waals surface area contributed by atoms with Gasteiger partial charge in [-0.25, -0.2) is 0 Å². The van der Waals surface area contributed by atoms with Gasteiger partial charge in [0.1, 0.15) is 5.75 Å². The zero-order valence-corrected chi connectivity index (χ0v) is 10.6. The number of aromatic nitrogens is 1.